The number of amides is 2. The number of nitrogens with one attached hydrogen (secondary N) is 2. The van der Waals surface area contributed by atoms with Crippen LogP contribution < -0.4 is 20.1 Å². The van der Waals surface area contributed by atoms with Gasteiger partial charge in [-0.05, 0) is 66.1 Å². The number of rotatable bonds is 20. The number of alkyl halides is 4. The lowest BCUT2D eigenvalue weighted by atomic mass is 9.99. The Bertz CT molecular complexity index is 1780. The van der Waals surface area contributed by atoms with Crippen molar-refractivity contribution in [2.45, 2.75) is 63.6 Å². The molecule has 0 aliphatic heterocycles. The molecule has 0 bridgehead atoms. The quantitative estimate of drug-likeness (QED) is 0.0773. The Labute approximate surface area is 311 Å². The molecule has 0 aliphatic rings. The van der Waals surface area contributed by atoms with Gasteiger partial charge in [-0.1, -0.05) is 25.7 Å². The smallest absolute Gasteiger partial charge is 0.409 e. The first kappa shape index (κ1) is 43.0. The number of hydrogen-bond donors (Lipinski definition) is 3. The van der Waals surface area contributed by atoms with Crippen molar-refractivity contribution in [1.29, 1.82) is 5.26 Å². The van der Waals surface area contributed by atoms with E-state index in [1.807, 2.05) is 6.07 Å². The molecule has 17 heteroatoms. The number of nitriles is 1. The summed E-state index contributed by atoms with van der Waals surface area (Å²) >= 11 is 0. The van der Waals surface area contributed by atoms with Crippen LogP contribution in [0.25, 0.3) is 0 Å². The minimum absolute atomic E-state index is 0.0146. The summed E-state index contributed by atoms with van der Waals surface area (Å²) in [7, 11) is -0.141. The van der Waals surface area contributed by atoms with Gasteiger partial charge in [0, 0.05) is 44.5 Å². The van der Waals surface area contributed by atoms with Crippen LogP contribution in [-0.2, 0) is 27.3 Å². The lowest BCUT2D eigenvalue weighted by Crippen LogP contribution is -2.30. The third kappa shape index (κ3) is 13.6. The van der Waals surface area contributed by atoms with Gasteiger partial charge in [-0.3, -0.25) is 4.79 Å². The maximum absolute atomic E-state index is 15.4. The largest absolute Gasteiger partial charge is 0.487 e. The fourth-order valence-electron chi connectivity index (χ4n) is 4.95. The van der Waals surface area contributed by atoms with E-state index in [2.05, 4.69) is 30.3 Å². The molecule has 292 valence electrons. The molecule has 0 fully saturated rings. The standard InChI is InChI=1S/C37H43F5N4O7Si/c1-46(37(50)51-13-14-54(2,3)4)21-26-16-28(17-30(40)35(26)53-29(18-38)19-39)44-33(47)12-8-24-15-25(7-11-31(24)52-22-32(41)42)34(36(48)49)45-27-9-5-23(20-43)6-10-27/h5-7,9-11,15-17,29,32,34,45H,8,12-14,18-19,21-22H2,1-4H3,(H,44,47)(H,48,49). The predicted molar refractivity (Wildman–Crippen MR) is 194 cm³/mol. The third-order valence-electron chi connectivity index (χ3n) is 7.81. The molecule has 0 radical (unpaired) electrons. The van der Waals surface area contributed by atoms with Crippen molar-refractivity contribution in [3.05, 3.63) is 82.7 Å². The van der Waals surface area contributed by atoms with Crippen LogP contribution in [0, 0.1) is 17.1 Å². The average Bonchev–Trinajstić information content (AvgIpc) is 3.11. The highest BCUT2D eigenvalue weighted by atomic mass is 28.3. The maximum Gasteiger partial charge on any atom is 0.409 e. The summed E-state index contributed by atoms with van der Waals surface area (Å²) in [6.45, 7) is 2.69. The summed E-state index contributed by atoms with van der Waals surface area (Å²) in [5.74, 6) is -3.55. The zero-order valence-electron chi connectivity index (χ0n) is 30.3. The van der Waals surface area contributed by atoms with E-state index in [0.717, 1.165) is 11.0 Å². The van der Waals surface area contributed by atoms with Crippen LogP contribution in [0.15, 0.2) is 54.6 Å². The molecule has 0 aliphatic carbocycles. The number of hydrogen-bond acceptors (Lipinski definition) is 8. The Kier molecular flexibility index (Phi) is 16.1. The molecule has 11 nitrogen and oxygen atoms in total. The Morgan fingerprint density at radius 1 is 0.981 bits per heavy atom. The summed E-state index contributed by atoms with van der Waals surface area (Å²) < 4.78 is 84.0. The number of nitrogens with zero attached hydrogens (tertiary/aromatic N) is 2. The first-order valence-electron chi connectivity index (χ1n) is 16.9. The molecule has 3 rings (SSSR count). The average molecular weight is 779 g/mol. The van der Waals surface area contributed by atoms with E-state index in [4.69, 9.17) is 19.5 Å². The number of carbonyl (C=O) groups excluding carboxylic acids is 2. The highest BCUT2D eigenvalue weighted by molar-refractivity contribution is 6.76. The van der Waals surface area contributed by atoms with Gasteiger partial charge in [-0.15, -0.1) is 0 Å². The zero-order valence-corrected chi connectivity index (χ0v) is 31.3. The molecular weight excluding hydrogens is 736 g/mol. The van der Waals surface area contributed by atoms with E-state index in [-0.39, 0.29) is 54.1 Å². The van der Waals surface area contributed by atoms with E-state index < -0.39 is 76.1 Å². The highest BCUT2D eigenvalue weighted by Gasteiger charge is 2.24. The fourth-order valence-corrected chi connectivity index (χ4v) is 5.67. The van der Waals surface area contributed by atoms with E-state index in [9.17, 15) is 37.1 Å². The molecular formula is C37H43F5N4O7Si. The van der Waals surface area contributed by atoms with Crippen molar-refractivity contribution in [3.8, 4) is 17.6 Å². The van der Waals surface area contributed by atoms with Crippen LogP contribution in [0.1, 0.15) is 34.7 Å². The van der Waals surface area contributed by atoms with E-state index in [1.165, 1.54) is 55.6 Å². The SMILES string of the molecule is CN(Cc1cc(NC(=O)CCc2cc(C(Nc3ccc(C#N)cc3)C(=O)O)ccc2OCC(F)F)cc(F)c1OC(CF)CF)C(=O)OCC[Si](C)(C)C. The third-order valence-corrected chi connectivity index (χ3v) is 9.51. The Hall–Kier alpha value is -5.37. The van der Waals surface area contributed by atoms with Crippen molar-refractivity contribution >= 4 is 37.4 Å². The predicted octanol–water partition coefficient (Wildman–Crippen LogP) is 7.74. The van der Waals surface area contributed by atoms with Crippen LogP contribution in [0.2, 0.25) is 25.7 Å². The van der Waals surface area contributed by atoms with Crippen molar-refractivity contribution in [3.63, 3.8) is 0 Å². The van der Waals surface area contributed by atoms with Crippen LogP contribution in [0.5, 0.6) is 11.5 Å². The molecule has 0 aromatic heterocycles. The molecule has 1 unspecified atom stereocenters. The number of aliphatic carboxylic acids is 1. The van der Waals surface area contributed by atoms with Crippen molar-refractivity contribution < 1.29 is 55.7 Å². The molecule has 3 aromatic carbocycles. The van der Waals surface area contributed by atoms with Gasteiger partial charge in [0.2, 0.25) is 5.91 Å². The second kappa shape index (κ2) is 20.2. The molecule has 3 N–H and O–H groups in total. The number of anilines is 2. The molecule has 0 saturated carbocycles. The number of benzene rings is 3. The van der Waals surface area contributed by atoms with Crippen LogP contribution in [-0.4, -0.2) is 82.2 Å². The monoisotopic (exact) mass is 778 g/mol. The lowest BCUT2D eigenvalue weighted by Gasteiger charge is -2.23. The van der Waals surface area contributed by atoms with Crippen LogP contribution in [0.3, 0.4) is 0 Å². The van der Waals surface area contributed by atoms with Gasteiger partial charge in [0.05, 0.1) is 24.8 Å². The number of halogens is 5. The van der Waals surface area contributed by atoms with Crippen LogP contribution >= 0.6 is 0 Å². The maximum atomic E-state index is 15.4. The topological polar surface area (TPSA) is 150 Å². The summed E-state index contributed by atoms with van der Waals surface area (Å²) in [6, 6.07) is 13.6. The summed E-state index contributed by atoms with van der Waals surface area (Å²) in [5.41, 5.74) is 1.07. The highest BCUT2D eigenvalue weighted by Crippen LogP contribution is 2.31. The molecule has 3 aromatic rings. The summed E-state index contributed by atoms with van der Waals surface area (Å²) in [6.07, 6.45) is -5.60. The first-order valence-corrected chi connectivity index (χ1v) is 20.6. The van der Waals surface area contributed by atoms with Crippen molar-refractivity contribution in [2.24, 2.45) is 0 Å². The first-order chi connectivity index (χ1) is 25.5. The summed E-state index contributed by atoms with van der Waals surface area (Å²) in [5, 5.41) is 24.4. The van der Waals surface area contributed by atoms with Gasteiger partial charge in [-0.25, -0.2) is 31.5 Å². The lowest BCUT2D eigenvalue weighted by molar-refractivity contribution is -0.138. The Balaban J connectivity index is 1.84. The number of aryl methyl sites for hydroxylation is 1. The number of ether oxygens (including phenoxy) is 3. The van der Waals surface area contributed by atoms with E-state index >= 15 is 4.39 Å². The van der Waals surface area contributed by atoms with Gasteiger partial charge in [0.25, 0.3) is 6.43 Å². The zero-order chi connectivity index (χ0) is 40.0. The van der Waals surface area contributed by atoms with E-state index in [0.29, 0.717) is 17.3 Å². The Morgan fingerprint density at radius 2 is 1.67 bits per heavy atom. The minimum Gasteiger partial charge on any atom is -0.487 e. The fraction of sp³-hybridized carbons (Fsp3) is 0.405. The van der Waals surface area contributed by atoms with Crippen molar-refractivity contribution in [1.82, 2.24) is 4.90 Å². The van der Waals surface area contributed by atoms with Gasteiger partial charge < -0.3 is 34.9 Å². The molecule has 54 heavy (non-hydrogen) atoms. The summed E-state index contributed by atoms with van der Waals surface area (Å²) in [4.78, 5) is 39.2. The normalized spacial score (nSPS) is 11.8. The van der Waals surface area contributed by atoms with Gasteiger partial charge in [-0.2, -0.15) is 5.26 Å². The molecule has 2 amide bonds. The number of carbonyl (C=O) groups is 3. The molecule has 0 saturated heterocycles. The second-order valence-corrected chi connectivity index (χ2v) is 19.1. The van der Waals surface area contributed by atoms with Gasteiger partial charge >= 0.3 is 12.1 Å². The van der Waals surface area contributed by atoms with Crippen LogP contribution in [0.4, 0.5) is 38.1 Å². The van der Waals surface area contributed by atoms with Gasteiger partial charge in [0.1, 0.15) is 25.7 Å². The molecule has 1 atom stereocenters. The molecule has 0 spiro atoms. The minimum atomic E-state index is -2.82. The molecule has 0 heterocycles. The van der Waals surface area contributed by atoms with E-state index in [1.54, 1.807) is 0 Å². The van der Waals surface area contributed by atoms with Gasteiger partial charge in [0.15, 0.2) is 23.7 Å². The Morgan fingerprint density at radius 3 is 2.26 bits per heavy atom. The number of carboxylic acids is 1. The second-order valence-electron chi connectivity index (χ2n) is 13.5. The number of carboxylic acid groups (broad SMARTS) is 1. The van der Waals surface area contributed by atoms with Crippen molar-refractivity contribution in [2.75, 3.05) is 44.2 Å².